The van der Waals surface area contributed by atoms with Gasteiger partial charge in [-0.3, -0.25) is 0 Å². The number of aliphatic imine (C=N–C) groups is 2. The van der Waals surface area contributed by atoms with E-state index in [0.717, 1.165) is 98.8 Å². The van der Waals surface area contributed by atoms with Crippen molar-refractivity contribution in [3.63, 3.8) is 0 Å². The van der Waals surface area contributed by atoms with E-state index in [1.165, 1.54) is 130 Å². The first kappa shape index (κ1) is 119. The second kappa shape index (κ2) is 68.9. The molecule has 0 atom stereocenters. The van der Waals surface area contributed by atoms with Gasteiger partial charge in [-0.15, -0.1) is 46.8 Å². The number of para-hydroxylation sites is 3. The van der Waals surface area contributed by atoms with Crippen molar-refractivity contribution in [3.8, 4) is 0 Å². The fourth-order valence-corrected chi connectivity index (χ4v) is 11.6. The number of hydrogen-bond acceptors (Lipinski definition) is 6. The molecule has 0 aromatic heterocycles. The minimum atomic E-state index is 0. The molecule has 112 heavy (non-hydrogen) atoms. The molecule has 0 spiro atoms. The summed E-state index contributed by atoms with van der Waals surface area (Å²) in [5, 5.41) is 10.1. The molecule has 0 amide bonds. The zero-order chi connectivity index (χ0) is 76.9. The monoisotopic (exact) mass is 1680 g/mol. The van der Waals surface area contributed by atoms with Gasteiger partial charge in [0, 0.05) is 58.6 Å². The third-order valence-corrected chi connectivity index (χ3v) is 17.5. The second-order valence-corrected chi connectivity index (χ2v) is 30.0. The van der Waals surface area contributed by atoms with Gasteiger partial charge in [0.2, 0.25) is 0 Å². The van der Waals surface area contributed by atoms with Crippen molar-refractivity contribution in [2.75, 3.05) is 52.9 Å². The number of nitrogens with zero attached hydrogens (tertiary/aromatic N) is 4. The summed E-state index contributed by atoms with van der Waals surface area (Å²) in [4.78, 5) is 10.1. The maximum Gasteiger partial charge on any atom is 3.00 e. The molecule has 0 radical (unpaired) electrons. The first-order valence-corrected chi connectivity index (χ1v) is 39.0. The van der Waals surface area contributed by atoms with Crippen molar-refractivity contribution in [2.24, 2.45) is 15.9 Å². The fraction of sp³-hybridized carbons (Fsp3) is 0.479. The summed E-state index contributed by atoms with van der Waals surface area (Å²) >= 11 is 0. The van der Waals surface area contributed by atoms with Gasteiger partial charge in [0.1, 0.15) is 0 Å². The van der Waals surface area contributed by atoms with Crippen LogP contribution in [-0.2, 0) is 52.5 Å². The van der Waals surface area contributed by atoms with E-state index in [0.29, 0.717) is 35.5 Å². The van der Waals surface area contributed by atoms with E-state index < -0.39 is 0 Å². The Hall–Kier alpha value is -4.09. The molecule has 4 heterocycles. The Morgan fingerprint density at radius 2 is 0.688 bits per heavy atom. The second-order valence-electron chi connectivity index (χ2n) is 30.0. The van der Waals surface area contributed by atoms with Gasteiger partial charge >= 0.3 is 71.3 Å². The maximum absolute atomic E-state index is 5.07. The Morgan fingerprint density at radius 3 is 0.946 bits per heavy atom. The van der Waals surface area contributed by atoms with Crippen molar-refractivity contribution in [1.29, 1.82) is 0 Å². The number of halogens is 4. The summed E-state index contributed by atoms with van der Waals surface area (Å²) in [5.41, 5.74) is 24.1. The van der Waals surface area contributed by atoms with Gasteiger partial charge in [-0.25, -0.2) is 0 Å². The van der Waals surface area contributed by atoms with Crippen molar-refractivity contribution in [2.45, 2.75) is 247 Å². The number of benzene rings is 6. The number of ether oxygens (including phenoxy) is 4. The van der Waals surface area contributed by atoms with Crippen LogP contribution in [0.15, 0.2) is 208 Å². The predicted molar refractivity (Wildman–Crippen MR) is 455 cm³/mol. The van der Waals surface area contributed by atoms with E-state index in [2.05, 4.69) is 300 Å². The number of allylic oxidation sites excluding steroid dienone is 7. The Balaban J connectivity index is -0.000000315. The summed E-state index contributed by atoms with van der Waals surface area (Å²) < 4.78 is 19.8. The first-order valence-electron chi connectivity index (χ1n) is 39.0. The van der Waals surface area contributed by atoms with Gasteiger partial charge in [0.05, 0.1) is 0 Å². The van der Waals surface area contributed by atoms with Crippen molar-refractivity contribution < 1.29 is 140 Å². The smallest absolute Gasteiger partial charge is 1.00 e. The average molecular weight is 1690 g/mol. The molecule has 1 aliphatic carbocycles. The molecule has 0 saturated carbocycles. The van der Waals surface area contributed by atoms with E-state index >= 15 is 0 Å². The largest absolute Gasteiger partial charge is 3.00 e. The van der Waals surface area contributed by atoms with E-state index in [4.69, 9.17) is 39.6 Å². The topological polar surface area (TPSA) is 89.8 Å². The van der Waals surface area contributed by atoms with Crippen LogP contribution in [0.1, 0.15) is 275 Å². The van der Waals surface area contributed by atoms with Crippen LogP contribution in [0, 0.1) is 45.6 Å². The maximum atomic E-state index is 5.07. The van der Waals surface area contributed by atoms with Crippen molar-refractivity contribution >= 4 is 28.5 Å². The molecule has 4 fully saturated rings. The van der Waals surface area contributed by atoms with Crippen LogP contribution in [0.5, 0.6) is 0 Å². The molecule has 614 valence electrons. The van der Waals surface area contributed by atoms with Gasteiger partial charge in [-0.1, -0.05) is 327 Å². The number of aryl methyl sites for hydroxylation is 4. The third kappa shape index (κ3) is 49.2. The van der Waals surface area contributed by atoms with Crippen LogP contribution in [0.25, 0.3) is 10.6 Å². The zero-order valence-electron chi connectivity index (χ0n) is 73.5. The summed E-state index contributed by atoms with van der Waals surface area (Å²) in [5.74, 6) is 3.87. The molecule has 4 saturated heterocycles. The molecule has 6 aromatic carbocycles. The molecular weight excluding hydrogens is 1550 g/mol. The molecule has 0 N–H and O–H groups in total. The number of rotatable bonds is 15. The Kier molecular flexibility index (Phi) is 73.1. The Labute approximate surface area is 753 Å². The van der Waals surface area contributed by atoms with Crippen molar-refractivity contribution in [1.82, 2.24) is 0 Å². The number of hydrogen-bond donors (Lipinski definition) is 0. The van der Waals surface area contributed by atoms with Gasteiger partial charge in [0.25, 0.3) is 0 Å². The van der Waals surface area contributed by atoms with E-state index in [9.17, 15) is 0 Å². The average Bonchev–Trinajstić information content (AvgIpc) is 1.39. The quantitative estimate of drug-likeness (QED) is 0.0582. The molecule has 8 nitrogen and oxygen atoms in total. The first-order chi connectivity index (χ1) is 49.6. The molecule has 11 rings (SSSR count). The van der Waals surface area contributed by atoms with Gasteiger partial charge in [-0.2, -0.15) is 28.9 Å². The minimum absolute atomic E-state index is 0. The summed E-state index contributed by atoms with van der Waals surface area (Å²) in [6.45, 7) is 60.1. The van der Waals surface area contributed by atoms with Gasteiger partial charge in [0.15, 0.2) is 0 Å². The molecule has 4 aliphatic heterocycles. The third-order valence-electron chi connectivity index (χ3n) is 17.5. The Bertz CT molecular complexity index is 3390. The molecule has 16 heteroatoms. The molecule has 6 aromatic rings. The fourth-order valence-electron chi connectivity index (χ4n) is 11.6. The minimum Gasteiger partial charge on any atom is -1.00 e. The van der Waals surface area contributed by atoms with E-state index in [1.54, 1.807) is 0 Å². The van der Waals surface area contributed by atoms with Crippen LogP contribution in [-0.4, -0.2) is 64.3 Å². The van der Waals surface area contributed by atoms with Gasteiger partial charge in [-0.05, 0) is 139 Å². The van der Waals surface area contributed by atoms with Crippen LogP contribution in [0.4, 0.5) is 17.1 Å². The van der Waals surface area contributed by atoms with E-state index in [-0.39, 0.29) is 121 Å². The zero-order valence-corrected chi connectivity index (χ0v) is 78.6. The summed E-state index contributed by atoms with van der Waals surface area (Å²) in [6, 6.07) is 49.7. The molecular formula is C96H138Cl4Co2Li2N4O4. The SMILES string of the molecule is C1CCOC1.C1CCOC1.C1CCOC1.C1CCOC1.CC(/C=C(/C)[N-]c1c(C(C)C)cccc1C(C)C)=N[C-]1C(C(C)C)=CC=CC1=C(C)C.CC(/C=C(/C)[N-]c1c(C(C)C)cccc1C(C)C)=Nc1c([C-](C)C)cccc1C(C)C.Cc1ccc(C)cc1.Cc1ccccc1.Cc1ccccc1.[Cl-].[Cl-].[Cl-].[Cl-].[Co+3].[Co+3].[Li+].[Li+]. The standard InChI is InChI=1S/2C29H40N2.C8H10.2C7H8.4C4H8O.4ClH.2Co.2Li/c2*1-18(2)24-13-11-14-25(19(3)4)28(24)30-22(9)17-23(10)31-29-26(20(5)6)15-12-16-27(29)21(7)8;1-7-3-5-8(2)6-4-7;2*1-7-5-3-2-4-6-7;4*1-2-4-5-3-1;;;;;;;;/h2*11-20H,1-10H3;3-6H,1-2H3;2*2-6H,1H3;4*1-4H2;4*1H;;;;/q2*-2;;;;;;;;;;;;2*+3;2*+1/p-4/b2*22-17-,31-23?;;;;;;;;;;;;;;;. The van der Waals surface area contributed by atoms with Crippen LogP contribution >= 0.6 is 0 Å². The van der Waals surface area contributed by atoms with Gasteiger partial charge < -0.3 is 89.2 Å². The van der Waals surface area contributed by atoms with Crippen LogP contribution < -0.4 is 87.3 Å². The van der Waals surface area contributed by atoms with E-state index in [1.807, 2.05) is 36.4 Å². The normalized spacial score (nSPS) is 13.8. The predicted octanol–water partition coefficient (Wildman–Crippen LogP) is 10.5. The molecule has 0 unspecified atom stereocenters. The van der Waals surface area contributed by atoms with Crippen LogP contribution in [0.2, 0.25) is 0 Å². The molecule has 0 bridgehead atoms. The summed E-state index contributed by atoms with van der Waals surface area (Å²) in [7, 11) is 0. The summed E-state index contributed by atoms with van der Waals surface area (Å²) in [6.07, 6.45) is 20.9. The van der Waals surface area contributed by atoms with Crippen LogP contribution in [0.3, 0.4) is 0 Å². The molecule has 5 aliphatic rings. The Morgan fingerprint density at radius 1 is 0.393 bits per heavy atom. The van der Waals surface area contributed by atoms with Crippen molar-refractivity contribution in [3.05, 3.63) is 276 Å².